The Morgan fingerprint density at radius 2 is 2.05 bits per heavy atom. The van der Waals surface area contributed by atoms with Crippen molar-refractivity contribution < 1.29 is 18.8 Å². The van der Waals surface area contributed by atoms with E-state index in [4.69, 9.17) is 16.3 Å². The maximum atomic E-state index is 12.5. The summed E-state index contributed by atoms with van der Waals surface area (Å²) in [6, 6.07) is 3.26. The van der Waals surface area contributed by atoms with Gasteiger partial charge in [0.2, 0.25) is 0 Å². The molecule has 1 aliphatic rings. The number of quaternary nitrogens is 1. The quantitative estimate of drug-likeness (QED) is 0.631. The highest BCUT2D eigenvalue weighted by atomic mass is 35.5. The molecule has 1 heterocycles. The number of ether oxygens (including phenoxy) is 1. The SMILES string of the molecule is CN1C(=O)COc2c(C(=O)CC[N+](C)(C)C)cc(Cl)cc21. The fraction of sp³-hybridized carbons (Fsp3) is 0.467. The van der Waals surface area contributed by atoms with Crippen molar-refractivity contribution in [2.45, 2.75) is 6.42 Å². The molecule has 2 rings (SSSR count). The second-order valence-electron chi connectivity index (χ2n) is 6.23. The van der Waals surface area contributed by atoms with Crippen molar-refractivity contribution in [1.29, 1.82) is 0 Å². The molecule has 0 atom stereocenters. The van der Waals surface area contributed by atoms with Gasteiger partial charge in [-0.3, -0.25) is 9.59 Å². The standard InChI is InChI=1S/C15H20ClN2O3/c1-17-12-8-10(16)7-11(15(12)21-9-14(17)20)13(19)5-6-18(2,3)4/h7-8H,5-6,9H2,1-4H3/q+1. The van der Waals surface area contributed by atoms with Gasteiger partial charge in [0.05, 0.1) is 45.4 Å². The molecular weight excluding hydrogens is 292 g/mol. The minimum absolute atomic E-state index is 0.0236. The number of hydrogen-bond donors (Lipinski definition) is 0. The summed E-state index contributed by atoms with van der Waals surface area (Å²) >= 11 is 6.08. The van der Waals surface area contributed by atoms with Gasteiger partial charge in [-0.15, -0.1) is 0 Å². The Hall–Kier alpha value is -1.59. The normalized spacial score (nSPS) is 14.7. The highest BCUT2D eigenvalue weighted by Crippen LogP contribution is 2.38. The first kappa shape index (κ1) is 15.8. The van der Waals surface area contributed by atoms with E-state index in [9.17, 15) is 9.59 Å². The van der Waals surface area contributed by atoms with Gasteiger partial charge in [-0.05, 0) is 12.1 Å². The zero-order chi connectivity index (χ0) is 15.8. The number of anilines is 1. The minimum atomic E-state index is -0.158. The van der Waals surface area contributed by atoms with Crippen LogP contribution < -0.4 is 9.64 Å². The average molecular weight is 312 g/mol. The number of carbonyl (C=O) groups is 2. The Morgan fingerprint density at radius 1 is 1.38 bits per heavy atom. The second kappa shape index (κ2) is 5.66. The Morgan fingerprint density at radius 3 is 2.67 bits per heavy atom. The summed E-state index contributed by atoms with van der Waals surface area (Å²) in [5.74, 6) is 0.270. The number of likely N-dealkylation sites (N-methyl/N-ethyl adjacent to an activating group) is 1. The van der Waals surface area contributed by atoms with E-state index in [-0.39, 0.29) is 18.3 Å². The molecule has 1 aliphatic heterocycles. The largest absolute Gasteiger partial charge is 0.481 e. The van der Waals surface area contributed by atoms with E-state index in [1.54, 1.807) is 19.2 Å². The number of rotatable bonds is 4. The third-order valence-corrected chi connectivity index (χ3v) is 3.64. The summed E-state index contributed by atoms with van der Waals surface area (Å²) in [5, 5.41) is 0.424. The highest BCUT2D eigenvalue weighted by Gasteiger charge is 2.28. The first-order valence-electron chi connectivity index (χ1n) is 6.75. The molecule has 1 amide bonds. The molecule has 5 nitrogen and oxygen atoms in total. The van der Waals surface area contributed by atoms with Crippen molar-refractivity contribution in [2.75, 3.05) is 46.2 Å². The van der Waals surface area contributed by atoms with Crippen molar-refractivity contribution in [2.24, 2.45) is 0 Å². The predicted molar refractivity (Wildman–Crippen MR) is 82.2 cm³/mol. The minimum Gasteiger partial charge on any atom is -0.481 e. The molecule has 0 N–H and O–H groups in total. The molecular formula is C15H20ClN2O3+. The van der Waals surface area contributed by atoms with Gasteiger partial charge in [0.1, 0.15) is 0 Å². The summed E-state index contributed by atoms with van der Waals surface area (Å²) < 4.78 is 6.17. The molecule has 1 aromatic rings. The fourth-order valence-electron chi connectivity index (χ4n) is 2.12. The number of ketones is 1. The molecule has 0 radical (unpaired) electrons. The lowest BCUT2D eigenvalue weighted by Crippen LogP contribution is -2.37. The van der Waals surface area contributed by atoms with E-state index in [0.29, 0.717) is 32.9 Å². The van der Waals surface area contributed by atoms with Crippen molar-refractivity contribution in [3.8, 4) is 5.75 Å². The molecule has 0 saturated carbocycles. The molecule has 21 heavy (non-hydrogen) atoms. The van der Waals surface area contributed by atoms with Crippen molar-refractivity contribution in [3.63, 3.8) is 0 Å². The van der Waals surface area contributed by atoms with Crippen LogP contribution in [0.15, 0.2) is 12.1 Å². The molecule has 0 unspecified atom stereocenters. The number of halogens is 1. The zero-order valence-electron chi connectivity index (χ0n) is 12.8. The Labute approximate surface area is 129 Å². The number of benzene rings is 1. The van der Waals surface area contributed by atoms with E-state index in [1.807, 2.05) is 21.1 Å². The number of carbonyl (C=O) groups excluding carboxylic acids is 2. The van der Waals surface area contributed by atoms with Gasteiger partial charge in [0.15, 0.2) is 18.1 Å². The van der Waals surface area contributed by atoms with E-state index in [1.165, 1.54) is 4.90 Å². The number of amides is 1. The third-order valence-electron chi connectivity index (χ3n) is 3.42. The second-order valence-corrected chi connectivity index (χ2v) is 6.67. The first-order chi connectivity index (χ1) is 9.69. The van der Waals surface area contributed by atoms with Crippen LogP contribution in [0.5, 0.6) is 5.75 Å². The highest BCUT2D eigenvalue weighted by molar-refractivity contribution is 6.31. The fourth-order valence-corrected chi connectivity index (χ4v) is 2.34. The van der Waals surface area contributed by atoms with Gasteiger partial charge < -0.3 is 14.1 Å². The molecule has 0 aromatic heterocycles. The molecule has 0 bridgehead atoms. The molecule has 0 aliphatic carbocycles. The summed E-state index contributed by atoms with van der Waals surface area (Å²) in [7, 11) is 7.75. The molecule has 0 fully saturated rings. The molecule has 1 aromatic carbocycles. The molecule has 114 valence electrons. The van der Waals surface area contributed by atoms with Gasteiger partial charge in [-0.2, -0.15) is 0 Å². The summed E-state index contributed by atoms with van der Waals surface area (Å²) in [6.07, 6.45) is 0.400. The van der Waals surface area contributed by atoms with Crippen molar-refractivity contribution in [1.82, 2.24) is 0 Å². The predicted octanol–water partition coefficient (Wildman–Crippen LogP) is 1.97. The smallest absolute Gasteiger partial charge is 0.264 e. The van der Waals surface area contributed by atoms with Crippen LogP contribution in [-0.2, 0) is 4.79 Å². The van der Waals surface area contributed by atoms with Crippen molar-refractivity contribution >= 4 is 29.0 Å². The van der Waals surface area contributed by atoms with Crippen LogP contribution in [0.1, 0.15) is 16.8 Å². The lowest BCUT2D eigenvalue weighted by molar-refractivity contribution is -0.869. The Bertz CT molecular complexity index is 593. The van der Waals surface area contributed by atoms with E-state index >= 15 is 0 Å². The van der Waals surface area contributed by atoms with Crippen LogP contribution in [0.3, 0.4) is 0 Å². The Balaban J connectivity index is 2.34. The van der Waals surface area contributed by atoms with Gasteiger partial charge in [-0.25, -0.2) is 0 Å². The van der Waals surface area contributed by atoms with Gasteiger partial charge >= 0.3 is 0 Å². The van der Waals surface area contributed by atoms with Gasteiger partial charge in [0.25, 0.3) is 5.91 Å². The van der Waals surface area contributed by atoms with Crippen LogP contribution in [0.2, 0.25) is 5.02 Å². The summed E-state index contributed by atoms with van der Waals surface area (Å²) in [5.41, 5.74) is 0.998. The lowest BCUT2D eigenvalue weighted by atomic mass is 10.0. The van der Waals surface area contributed by atoms with E-state index in [0.717, 1.165) is 6.54 Å². The maximum Gasteiger partial charge on any atom is 0.264 e. The van der Waals surface area contributed by atoms with Gasteiger partial charge in [0, 0.05) is 12.1 Å². The number of fused-ring (bicyclic) bond motifs is 1. The first-order valence-corrected chi connectivity index (χ1v) is 7.13. The van der Waals surface area contributed by atoms with E-state index in [2.05, 4.69) is 0 Å². The van der Waals surface area contributed by atoms with Gasteiger partial charge in [-0.1, -0.05) is 11.6 Å². The van der Waals surface area contributed by atoms with Crippen LogP contribution in [0.25, 0.3) is 0 Å². The zero-order valence-corrected chi connectivity index (χ0v) is 13.5. The monoisotopic (exact) mass is 311 g/mol. The van der Waals surface area contributed by atoms with Crippen molar-refractivity contribution in [3.05, 3.63) is 22.7 Å². The average Bonchev–Trinajstić information content (AvgIpc) is 2.39. The molecule has 6 heteroatoms. The maximum absolute atomic E-state index is 12.5. The van der Waals surface area contributed by atoms with Crippen LogP contribution in [0.4, 0.5) is 5.69 Å². The molecule has 0 spiro atoms. The summed E-state index contributed by atoms with van der Waals surface area (Å²) in [4.78, 5) is 25.6. The lowest BCUT2D eigenvalue weighted by Gasteiger charge is -2.28. The number of hydrogen-bond acceptors (Lipinski definition) is 3. The third kappa shape index (κ3) is 3.54. The molecule has 0 saturated heterocycles. The number of Topliss-reactive ketones (excluding diaryl/α,β-unsaturated/α-hetero) is 1. The van der Waals surface area contributed by atoms with E-state index < -0.39 is 0 Å². The summed E-state index contributed by atoms with van der Waals surface area (Å²) in [6.45, 7) is 0.662. The topological polar surface area (TPSA) is 46.6 Å². The van der Waals surface area contributed by atoms with Crippen LogP contribution in [-0.4, -0.2) is 57.5 Å². The Kier molecular flexibility index (Phi) is 4.25. The number of nitrogens with zero attached hydrogens (tertiary/aromatic N) is 2. The van der Waals surface area contributed by atoms with Crippen LogP contribution >= 0.6 is 11.6 Å². The van der Waals surface area contributed by atoms with Crippen LogP contribution in [0, 0.1) is 0 Å².